The van der Waals surface area contributed by atoms with Gasteiger partial charge in [-0.1, -0.05) is 151 Å². The highest BCUT2D eigenvalue weighted by atomic mass is 14.5. The molecular weight excluding hydrogens is 589 g/mol. The first kappa shape index (κ1) is 28.8. The Bertz CT molecular complexity index is 2540. The molecule has 3 aliphatic rings. The van der Waals surface area contributed by atoms with Crippen molar-refractivity contribution < 1.29 is 0 Å². The van der Waals surface area contributed by atoms with E-state index >= 15 is 0 Å². The molecule has 0 atom stereocenters. The summed E-state index contributed by atoms with van der Waals surface area (Å²) in [6.07, 6.45) is 0. The van der Waals surface area contributed by atoms with Gasteiger partial charge >= 0.3 is 0 Å². The topological polar surface area (TPSA) is 0 Å². The molecule has 0 saturated heterocycles. The third kappa shape index (κ3) is 3.65. The summed E-state index contributed by atoms with van der Waals surface area (Å²) in [4.78, 5) is 0. The van der Waals surface area contributed by atoms with Crippen LogP contribution in [0.3, 0.4) is 0 Å². The first-order chi connectivity index (χ1) is 23.6. The van der Waals surface area contributed by atoms with Gasteiger partial charge in [0.1, 0.15) is 0 Å². The number of benzene rings is 7. The second-order valence-corrected chi connectivity index (χ2v) is 16.1. The molecule has 10 rings (SSSR count). The van der Waals surface area contributed by atoms with Crippen LogP contribution in [0.4, 0.5) is 0 Å². The van der Waals surface area contributed by atoms with Gasteiger partial charge in [-0.25, -0.2) is 0 Å². The van der Waals surface area contributed by atoms with Crippen LogP contribution in [0.1, 0.15) is 74.9 Å². The van der Waals surface area contributed by atoms with Crippen LogP contribution in [0.2, 0.25) is 0 Å². The second-order valence-electron chi connectivity index (χ2n) is 16.1. The predicted molar refractivity (Wildman–Crippen MR) is 208 cm³/mol. The summed E-state index contributed by atoms with van der Waals surface area (Å²) in [5, 5.41) is 2.68. The molecule has 7 aromatic carbocycles. The molecule has 0 amide bonds. The lowest BCUT2D eigenvalue weighted by molar-refractivity contribution is 0.601. The summed E-state index contributed by atoms with van der Waals surface area (Å²) in [5.41, 5.74) is 22.0. The average Bonchev–Trinajstić information content (AvgIpc) is 3.60. The van der Waals surface area contributed by atoms with Crippen LogP contribution in [0.25, 0.3) is 66.4 Å². The summed E-state index contributed by atoms with van der Waals surface area (Å²) in [6, 6.07) is 50.4. The van der Waals surface area contributed by atoms with Crippen molar-refractivity contribution in [1.82, 2.24) is 0 Å². The van der Waals surface area contributed by atoms with Crippen molar-refractivity contribution in [2.45, 2.75) is 57.8 Å². The maximum absolute atomic E-state index is 2.59. The highest BCUT2D eigenvalue weighted by molar-refractivity contribution is 6.09. The third-order valence-electron chi connectivity index (χ3n) is 12.4. The lowest BCUT2D eigenvalue weighted by atomic mass is 9.72. The highest BCUT2D eigenvalue weighted by Crippen LogP contribution is 2.62. The van der Waals surface area contributed by atoms with Crippen LogP contribution >= 0.6 is 0 Å². The lowest BCUT2D eigenvalue weighted by Crippen LogP contribution is -2.24. The molecule has 49 heavy (non-hydrogen) atoms. The fraction of sp³-hybridized carbons (Fsp3) is 0.184. The van der Waals surface area contributed by atoms with Gasteiger partial charge in [-0.3, -0.25) is 0 Å². The summed E-state index contributed by atoms with van der Waals surface area (Å²) >= 11 is 0. The zero-order valence-electron chi connectivity index (χ0n) is 29.2. The molecule has 0 heterocycles. The van der Waals surface area contributed by atoms with E-state index in [2.05, 4.69) is 175 Å². The minimum atomic E-state index is -0.140. The van der Waals surface area contributed by atoms with Gasteiger partial charge in [0, 0.05) is 16.2 Å². The van der Waals surface area contributed by atoms with Crippen molar-refractivity contribution in [3.63, 3.8) is 0 Å². The third-order valence-corrected chi connectivity index (χ3v) is 12.4. The van der Waals surface area contributed by atoms with E-state index < -0.39 is 0 Å². The van der Waals surface area contributed by atoms with Crippen molar-refractivity contribution in [2.24, 2.45) is 0 Å². The second kappa shape index (κ2) is 9.48. The van der Waals surface area contributed by atoms with Crippen molar-refractivity contribution in [3.8, 4) is 55.6 Å². The molecule has 7 aromatic rings. The van der Waals surface area contributed by atoms with E-state index in [0.29, 0.717) is 0 Å². The van der Waals surface area contributed by atoms with Crippen molar-refractivity contribution >= 4 is 10.8 Å². The Labute approximate surface area is 290 Å². The molecule has 0 bridgehead atoms. The van der Waals surface area contributed by atoms with E-state index in [1.54, 1.807) is 0 Å². The molecule has 0 nitrogen and oxygen atoms in total. The Morgan fingerprint density at radius 2 is 0.796 bits per heavy atom. The Kier molecular flexibility index (Phi) is 5.57. The minimum absolute atomic E-state index is 0.112. The van der Waals surface area contributed by atoms with Gasteiger partial charge in [0.25, 0.3) is 0 Å². The molecule has 0 aliphatic heterocycles. The summed E-state index contributed by atoms with van der Waals surface area (Å²) in [7, 11) is 0. The van der Waals surface area contributed by atoms with Gasteiger partial charge in [0.15, 0.2) is 0 Å². The van der Waals surface area contributed by atoms with Gasteiger partial charge in [-0.15, -0.1) is 0 Å². The fourth-order valence-corrected chi connectivity index (χ4v) is 9.95. The van der Waals surface area contributed by atoms with Crippen molar-refractivity contribution in [3.05, 3.63) is 167 Å². The van der Waals surface area contributed by atoms with E-state index in [1.165, 1.54) is 99.8 Å². The quantitative estimate of drug-likeness (QED) is 0.179. The van der Waals surface area contributed by atoms with Crippen molar-refractivity contribution in [1.29, 1.82) is 0 Å². The average molecular weight is 629 g/mol. The van der Waals surface area contributed by atoms with E-state index in [-0.39, 0.29) is 16.2 Å². The molecule has 3 aliphatic carbocycles. The molecule has 0 N–H and O–H groups in total. The maximum atomic E-state index is 2.59. The molecule has 0 aromatic heterocycles. The van der Waals surface area contributed by atoms with Crippen molar-refractivity contribution in [2.75, 3.05) is 0 Å². The number of hydrogen-bond donors (Lipinski definition) is 0. The molecule has 0 saturated carbocycles. The van der Waals surface area contributed by atoms with Crippen LogP contribution in [0.15, 0.2) is 133 Å². The van der Waals surface area contributed by atoms with Crippen LogP contribution in [-0.2, 0) is 16.2 Å². The normalized spacial score (nSPS) is 16.4. The number of fused-ring (bicyclic) bond motifs is 12. The highest BCUT2D eigenvalue weighted by Gasteiger charge is 2.47. The zero-order chi connectivity index (χ0) is 33.4. The Hall–Kier alpha value is -5.20. The number of hydrogen-bond acceptors (Lipinski definition) is 0. The Balaban J connectivity index is 1.18. The van der Waals surface area contributed by atoms with Crippen LogP contribution < -0.4 is 0 Å². The molecule has 0 radical (unpaired) electrons. The molecule has 0 unspecified atom stereocenters. The Morgan fingerprint density at radius 3 is 1.47 bits per heavy atom. The monoisotopic (exact) mass is 628 g/mol. The first-order valence-corrected chi connectivity index (χ1v) is 17.8. The van der Waals surface area contributed by atoms with Gasteiger partial charge < -0.3 is 0 Å². The fourth-order valence-electron chi connectivity index (χ4n) is 9.95. The van der Waals surface area contributed by atoms with Gasteiger partial charge in [0.2, 0.25) is 0 Å². The molecule has 236 valence electrons. The smallest absolute Gasteiger partial charge is 0.0162 e. The van der Waals surface area contributed by atoms with E-state index in [4.69, 9.17) is 0 Å². The predicted octanol–water partition coefficient (Wildman–Crippen LogP) is 13.1. The molecule has 0 heteroatoms. The summed E-state index contributed by atoms with van der Waals surface area (Å²) in [5.74, 6) is 0. The summed E-state index contributed by atoms with van der Waals surface area (Å²) < 4.78 is 0. The van der Waals surface area contributed by atoms with Gasteiger partial charge in [0.05, 0.1) is 0 Å². The van der Waals surface area contributed by atoms with E-state index in [9.17, 15) is 0 Å². The standard InChI is InChI=1S/C49H40/c1-47(2)42-27-38-36-24-23-35-33-22-21-31(29-15-9-7-10-16-29)25-40(33)48(3,4)45(35)46(36)49(5,6)41(38)28-39(42)44-34-20-14-13-19-32(34)37(26-43(44)47)30-17-11-8-12-18-30/h7-28H,1-6H3. The van der Waals surface area contributed by atoms with Gasteiger partial charge in [-0.2, -0.15) is 0 Å². The van der Waals surface area contributed by atoms with E-state index in [0.717, 1.165) is 0 Å². The number of rotatable bonds is 2. The SMILES string of the molecule is CC1(C)c2cc3c(cc2-c2c1cc(-c1ccccc1)c1ccccc21)C(C)(C)c1c-3ccc2c1C(C)(C)c1cc(-c3ccccc3)ccc1-2. The zero-order valence-corrected chi connectivity index (χ0v) is 29.2. The Morgan fingerprint density at radius 1 is 0.306 bits per heavy atom. The van der Waals surface area contributed by atoms with E-state index in [1.807, 2.05) is 0 Å². The minimum Gasteiger partial charge on any atom is -0.0622 e. The van der Waals surface area contributed by atoms with Crippen LogP contribution in [0.5, 0.6) is 0 Å². The van der Waals surface area contributed by atoms with Crippen LogP contribution in [0, 0.1) is 0 Å². The van der Waals surface area contributed by atoms with Gasteiger partial charge in [-0.05, 0) is 124 Å². The largest absolute Gasteiger partial charge is 0.0622 e. The first-order valence-electron chi connectivity index (χ1n) is 17.8. The lowest BCUT2D eigenvalue weighted by Gasteiger charge is -2.31. The molecule has 0 fully saturated rings. The molecular formula is C49H40. The molecule has 0 spiro atoms. The maximum Gasteiger partial charge on any atom is 0.0162 e. The van der Waals surface area contributed by atoms with Crippen LogP contribution in [-0.4, -0.2) is 0 Å². The summed E-state index contributed by atoms with van der Waals surface area (Å²) in [6.45, 7) is 14.7.